The molecule has 0 aromatic heterocycles. The maximum absolute atomic E-state index is 12.4. The molecule has 0 aliphatic heterocycles. The Morgan fingerprint density at radius 2 is 1.73 bits per heavy atom. The lowest BCUT2D eigenvalue weighted by Crippen LogP contribution is -2.50. The second-order valence-electron chi connectivity index (χ2n) is 7.01. The number of nitrogens with one attached hydrogen (secondary N) is 2. The highest BCUT2D eigenvalue weighted by Crippen LogP contribution is 2.15. The van der Waals surface area contributed by atoms with Crippen molar-refractivity contribution in [3.63, 3.8) is 0 Å². The largest absolute Gasteiger partial charge is 0.497 e. The molecule has 0 saturated heterocycles. The van der Waals surface area contributed by atoms with Crippen molar-refractivity contribution in [3.05, 3.63) is 24.3 Å². The van der Waals surface area contributed by atoms with Gasteiger partial charge in [-0.2, -0.15) is 4.72 Å². The molecule has 1 atom stereocenters. The summed E-state index contributed by atoms with van der Waals surface area (Å²) in [6.07, 6.45) is 0. The molecule has 0 spiro atoms. The van der Waals surface area contributed by atoms with Gasteiger partial charge in [-0.25, -0.2) is 8.42 Å². The van der Waals surface area contributed by atoms with Crippen LogP contribution in [0.4, 0.5) is 0 Å². The molecular formula is C17H27N3O5S. The molecule has 0 fully saturated rings. The number of nitrogens with zero attached hydrogens (tertiary/aromatic N) is 1. The van der Waals surface area contributed by atoms with Crippen LogP contribution in [0.2, 0.25) is 0 Å². The van der Waals surface area contributed by atoms with Crippen LogP contribution in [0.5, 0.6) is 5.75 Å². The summed E-state index contributed by atoms with van der Waals surface area (Å²) >= 11 is 0. The highest BCUT2D eigenvalue weighted by atomic mass is 32.2. The SMILES string of the molecule is COc1ccc(S(=O)(=O)N[C@@H](C)C(=O)N(C)CC(=O)NC(C)(C)C)cc1. The second-order valence-corrected chi connectivity index (χ2v) is 8.72. The first-order valence-corrected chi connectivity index (χ1v) is 9.56. The number of amides is 2. The first kappa shape index (κ1) is 21.9. The number of likely N-dealkylation sites (N-methyl/N-ethyl adjacent to an activating group) is 1. The molecule has 1 rings (SSSR count). The van der Waals surface area contributed by atoms with Gasteiger partial charge in [0.2, 0.25) is 21.8 Å². The number of ether oxygens (including phenoxy) is 1. The van der Waals surface area contributed by atoms with Crippen LogP contribution in [0, 0.1) is 0 Å². The van der Waals surface area contributed by atoms with Crippen LogP contribution in [0.1, 0.15) is 27.7 Å². The number of sulfonamides is 1. The quantitative estimate of drug-likeness (QED) is 0.720. The Hall–Kier alpha value is -2.13. The van der Waals surface area contributed by atoms with Gasteiger partial charge in [0.05, 0.1) is 24.6 Å². The second kappa shape index (κ2) is 8.50. The number of hydrogen-bond acceptors (Lipinski definition) is 5. The standard InChI is InChI=1S/C17H27N3O5S/c1-12(16(22)20(5)11-15(21)18-17(2,3)4)19-26(23,24)14-9-7-13(25-6)8-10-14/h7-10,12,19H,11H2,1-6H3,(H,18,21)/t12-/m0/s1. The number of hydrogen-bond donors (Lipinski definition) is 2. The van der Waals surface area contributed by atoms with Gasteiger partial charge in [0, 0.05) is 12.6 Å². The zero-order chi connectivity index (χ0) is 20.1. The highest BCUT2D eigenvalue weighted by molar-refractivity contribution is 7.89. The van der Waals surface area contributed by atoms with E-state index in [1.165, 1.54) is 50.2 Å². The molecule has 26 heavy (non-hydrogen) atoms. The summed E-state index contributed by atoms with van der Waals surface area (Å²) in [5, 5.41) is 2.75. The molecule has 0 radical (unpaired) electrons. The Balaban J connectivity index is 2.73. The zero-order valence-electron chi connectivity index (χ0n) is 16.0. The summed E-state index contributed by atoms with van der Waals surface area (Å²) in [5.74, 6) is -0.303. The number of methoxy groups -OCH3 is 1. The summed E-state index contributed by atoms with van der Waals surface area (Å²) < 4.78 is 32.1. The van der Waals surface area contributed by atoms with Gasteiger partial charge in [0.1, 0.15) is 5.75 Å². The van der Waals surface area contributed by atoms with Crippen LogP contribution < -0.4 is 14.8 Å². The molecule has 0 bridgehead atoms. The fourth-order valence-electron chi connectivity index (χ4n) is 2.19. The summed E-state index contributed by atoms with van der Waals surface area (Å²) in [6, 6.07) is 4.79. The minimum atomic E-state index is -3.87. The number of carbonyl (C=O) groups excluding carboxylic acids is 2. The Morgan fingerprint density at radius 3 is 2.19 bits per heavy atom. The lowest BCUT2D eigenvalue weighted by atomic mass is 10.1. The summed E-state index contributed by atoms with van der Waals surface area (Å²) in [4.78, 5) is 25.5. The van der Waals surface area contributed by atoms with Crippen LogP contribution in [-0.4, -0.2) is 57.4 Å². The minimum Gasteiger partial charge on any atom is -0.497 e. The molecule has 1 aromatic carbocycles. The van der Waals surface area contributed by atoms with E-state index in [0.717, 1.165) is 0 Å². The third-order valence-corrected chi connectivity index (χ3v) is 4.90. The molecule has 0 saturated carbocycles. The van der Waals surface area contributed by atoms with E-state index in [2.05, 4.69) is 10.0 Å². The maximum Gasteiger partial charge on any atom is 0.241 e. The number of rotatable bonds is 7. The van der Waals surface area contributed by atoms with Crippen molar-refractivity contribution in [2.75, 3.05) is 20.7 Å². The van der Waals surface area contributed by atoms with E-state index >= 15 is 0 Å². The molecule has 0 unspecified atom stereocenters. The van der Waals surface area contributed by atoms with Crippen molar-refractivity contribution in [2.24, 2.45) is 0 Å². The van der Waals surface area contributed by atoms with Crippen LogP contribution >= 0.6 is 0 Å². The van der Waals surface area contributed by atoms with E-state index in [1.54, 1.807) is 0 Å². The van der Waals surface area contributed by atoms with E-state index < -0.39 is 27.5 Å². The molecule has 0 heterocycles. The predicted molar refractivity (Wildman–Crippen MR) is 98.3 cm³/mol. The van der Waals surface area contributed by atoms with Gasteiger partial charge < -0.3 is 15.0 Å². The van der Waals surface area contributed by atoms with Crippen LogP contribution in [0.15, 0.2) is 29.2 Å². The van der Waals surface area contributed by atoms with Gasteiger partial charge in [0.15, 0.2) is 0 Å². The fourth-order valence-corrected chi connectivity index (χ4v) is 3.38. The van der Waals surface area contributed by atoms with Crippen LogP contribution in [0.25, 0.3) is 0 Å². The van der Waals surface area contributed by atoms with Gasteiger partial charge in [-0.15, -0.1) is 0 Å². The lowest BCUT2D eigenvalue weighted by molar-refractivity contribution is -0.136. The van der Waals surface area contributed by atoms with E-state index in [-0.39, 0.29) is 17.3 Å². The summed E-state index contributed by atoms with van der Waals surface area (Å²) in [6.45, 7) is 6.77. The molecule has 8 nitrogen and oxygen atoms in total. The average Bonchev–Trinajstić information content (AvgIpc) is 2.51. The molecule has 0 aliphatic rings. The van der Waals surface area contributed by atoms with Gasteiger partial charge >= 0.3 is 0 Å². The topological polar surface area (TPSA) is 105 Å². The predicted octanol–water partition coefficient (Wildman–Crippen LogP) is 0.735. The Morgan fingerprint density at radius 1 is 1.19 bits per heavy atom. The van der Waals surface area contributed by atoms with Gasteiger partial charge in [-0.1, -0.05) is 0 Å². The van der Waals surface area contributed by atoms with E-state index in [4.69, 9.17) is 4.74 Å². The van der Waals surface area contributed by atoms with Gasteiger partial charge in [0.25, 0.3) is 0 Å². The van der Waals surface area contributed by atoms with Crippen molar-refractivity contribution in [2.45, 2.75) is 44.2 Å². The smallest absolute Gasteiger partial charge is 0.241 e. The van der Waals surface area contributed by atoms with Crippen LogP contribution in [-0.2, 0) is 19.6 Å². The fraction of sp³-hybridized carbons (Fsp3) is 0.529. The average molecular weight is 385 g/mol. The van der Waals surface area contributed by atoms with Crippen molar-refractivity contribution < 1.29 is 22.7 Å². The Labute approximate surface area is 155 Å². The Bertz CT molecular complexity index is 739. The van der Waals surface area contributed by atoms with E-state index in [1.807, 2.05) is 20.8 Å². The van der Waals surface area contributed by atoms with Crippen molar-refractivity contribution >= 4 is 21.8 Å². The number of benzene rings is 1. The Kier molecular flexibility index (Phi) is 7.16. The third-order valence-electron chi connectivity index (χ3n) is 3.34. The van der Waals surface area contributed by atoms with Gasteiger partial charge in [-0.3, -0.25) is 9.59 Å². The molecule has 0 aliphatic carbocycles. The lowest BCUT2D eigenvalue weighted by Gasteiger charge is -2.25. The third kappa shape index (κ3) is 6.64. The zero-order valence-corrected chi connectivity index (χ0v) is 16.8. The normalized spacial score (nSPS) is 13.0. The molecule has 2 N–H and O–H groups in total. The van der Waals surface area contributed by atoms with Gasteiger partial charge in [-0.05, 0) is 52.0 Å². The summed E-state index contributed by atoms with van der Waals surface area (Å²) in [5.41, 5.74) is -0.414. The maximum atomic E-state index is 12.4. The molecule has 1 aromatic rings. The van der Waals surface area contributed by atoms with Crippen molar-refractivity contribution in [1.29, 1.82) is 0 Å². The first-order valence-electron chi connectivity index (χ1n) is 8.08. The van der Waals surface area contributed by atoms with Crippen LogP contribution in [0.3, 0.4) is 0 Å². The van der Waals surface area contributed by atoms with Crippen molar-refractivity contribution in [3.8, 4) is 5.75 Å². The number of carbonyl (C=O) groups is 2. The van der Waals surface area contributed by atoms with E-state index in [9.17, 15) is 18.0 Å². The monoisotopic (exact) mass is 385 g/mol. The van der Waals surface area contributed by atoms with E-state index in [0.29, 0.717) is 5.75 Å². The molecule has 2 amide bonds. The molecule has 146 valence electrons. The molecular weight excluding hydrogens is 358 g/mol. The summed E-state index contributed by atoms with van der Waals surface area (Å²) in [7, 11) is -0.946. The first-order chi connectivity index (χ1) is 11.9. The minimum absolute atomic E-state index is 0.0195. The highest BCUT2D eigenvalue weighted by Gasteiger charge is 2.26. The van der Waals surface area contributed by atoms with Crippen molar-refractivity contribution in [1.82, 2.24) is 14.9 Å². The molecule has 9 heteroatoms.